The summed E-state index contributed by atoms with van der Waals surface area (Å²) in [5, 5.41) is 8.17. The van der Waals surface area contributed by atoms with Crippen LogP contribution in [0.5, 0.6) is 5.75 Å². The van der Waals surface area contributed by atoms with Gasteiger partial charge in [-0.1, -0.05) is 13.0 Å². The lowest BCUT2D eigenvalue weighted by atomic mass is 10.0. The highest BCUT2D eigenvalue weighted by molar-refractivity contribution is 7.77. The number of nitrogens with one attached hydrogen (secondary N) is 1. The molecule has 1 aromatic carbocycles. The number of hydrogen-bond donors (Lipinski definition) is 1. The standard InChI is InChI=1S/C19H25N3O2S/c1-5-22(4)8-6-15-10-14(3)17(11-13(15)2)24-19(25)21-18(20)16-7-9-23-12-16/h7,9-12H,5-6,8H2,1-4H3,(H2,20,21,25)/p+1. The summed E-state index contributed by atoms with van der Waals surface area (Å²) < 4.78 is 10.7. The number of amidine groups is 1. The summed E-state index contributed by atoms with van der Waals surface area (Å²) in [4.78, 5) is 6.40. The zero-order valence-electron chi connectivity index (χ0n) is 15.2. The average Bonchev–Trinajstić information content (AvgIpc) is 3.10. The number of nitrogens with zero attached hydrogens (tertiary/aromatic N) is 2. The molecule has 0 aliphatic heterocycles. The molecule has 0 bridgehead atoms. The summed E-state index contributed by atoms with van der Waals surface area (Å²) in [5.74, 6) is 0.811. The number of hydrogen-bond acceptors (Lipinski definition) is 4. The summed E-state index contributed by atoms with van der Waals surface area (Å²) in [5.41, 5.74) is 4.15. The van der Waals surface area contributed by atoms with Gasteiger partial charge in [-0.25, -0.2) is 0 Å². The minimum Gasteiger partial charge on any atom is -0.472 e. The van der Waals surface area contributed by atoms with Crippen molar-refractivity contribution in [2.24, 2.45) is 4.99 Å². The first-order valence-electron chi connectivity index (χ1n) is 8.28. The van der Waals surface area contributed by atoms with Gasteiger partial charge >= 0.3 is 5.23 Å². The lowest BCUT2D eigenvalue weighted by Gasteiger charge is -2.16. The van der Waals surface area contributed by atoms with Crippen LogP contribution in [0.1, 0.15) is 29.2 Å². The third kappa shape index (κ3) is 5.47. The summed E-state index contributed by atoms with van der Waals surface area (Å²) in [6.07, 6.45) is 4.00. The van der Waals surface area contributed by atoms with Gasteiger partial charge in [0.05, 0.1) is 24.5 Å². The molecule has 5 nitrogen and oxygen atoms in total. The Morgan fingerprint density at radius 3 is 2.72 bits per heavy atom. The SMILES string of the molecule is CCN(C)CCc1cc(C)c(OC([SH2+])=NC(=N)c2ccoc2)cc1C. The van der Waals surface area contributed by atoms with Crippen LogP contribution in [0.15, 0.2) is 40.1 Å². The quantitative estimate of drug-likeness (QED) is 0.489. The smallest absolute Gasteiger partial charge is 0.414 e. The highest BCUT2D eigenvalue weighted by atomic mass is 32.1. The Labute approximate surface area is 154 Å². The van der Waals surface area contributed by atoms with Crippen molar-refractivity contribution >= 4 is 23.7 Å². The Hall–Kier alpha value is -2.05. The number of aryl methyl sites for hydroxylation is 2. The Balaban J connectivity index is 2.09. The van der Waals surface area contributed by atoms with E-state index in [0.717, 1.165) is 30.8 Å². The third-order valence-electron chi connectivity index (χ3n) is 4.15. The second kappa shape index (κ2) is 8.87. The van der Waals surface area contributed by atoms with Crippen molar-refractivity contribution in [3.05, 3.63) is 53.0 Å². The average molecular weight is 361 g/mol. The third-order valence-corrected chi connectivity index (χ3v) is 4.36. The number of furan rings is 1. The lowest BCUT2D eigenvalue weighted by molar-refractivity contribution is 0.357. The van der Waals surface area contributed by atoms with E-state index in [2.05, 4.69) is 49.5 Å². The normalized spacial score (nSPS) is 11.8. The molecule has 25 heavy (non-hydrogen) atoms. The Bertz CT molecular complexity index is 754. The topological polar surface area (TPSA) is 61.8 Å². The van der Waals surface area contributed by atoms with Gasteiger partial charge in [-0.3, -0.25) is 5.41 Å². The summed E-state index contributed by atoms with van der Waals surface area (Å²) in [6, 6.07) is 5.87. The van der Waals surface area contributed by atoms with Crippen LogP contribution in [-0.2, 0) is 19.0 Å². The van der Waals surface area contributed by atoms with E-state index in [1.807, 2.05) is 13.0 Å². The Morgan fingerprint density at radius 1 is 1.32 bits per heavy atom. The van der Waals surface area contributed by atoms with E-state index in [-0.39, 0.29) is 11.1 Å². The van der Waals surface area contributed by atoms with E-state index in [0.29, 0.717) is 5.56 Å². The van der Waals surface area contributed by atoms with Gasteiger partial charge in [-0.2, -0.15) is 0 Å². The first-order chi connectivity index (χ1) is 11.9. The number of benzene rings is 1. The second-order valence-corrected chi connectivity index (χ2v) is 6.50. The van der Waals surface area contributed by atoms with Crippen molar-refractivity contribution in [3.8, 4) is 5.75 Å². The fourth-order valence-electron chi connectivity index (χ4n) is 2.39. The van der Waals surface area contributed by atoms with Gasteiger partial charge in [-0.15, -0.1) is 4.99 Å². The molecule has 1 N–H and O–H groups in total. The first kappa shape index (κ1) is 19.3. The molecule has 1 heterocycles. The van der Waals surface area contributed by atoms with Crippen LogP contribution >= 0.6 is 0 Å². The minimum atomic E-state index is 0.0762. The van der Waals surface area contributed by atoms with Crippen LogP contribution in [0.2, 0.25) is 0 Å². The predicted molar refractivity (Wildman–Crippen MR) is 107 cm³/mol. The van der Waals surface area contributed by atoms with Gasteiger partial charge in [0.15, 0.2) is 5.84 Å². The molecule has 0 unspecified atom stereocenters. The number of aliphatic imine (C=N–C) groups is 1. The van der Waals surface area contributed by atoms with Crippen molar-refractivity contribution < 1.29 is 9.15 Å². The van der Waals surface area contributed by atoms with Crippen molar-refractivity contribution in [1.29, 1.82) is 5.41 Å². The van der Waals surface area contributed by atoms with Gasteiger partial charge in [0.25, 0.3) is 0 Å². The first-order valence-corrected chi connectivity index (χ1v) is 8.78. The molecule has 134 valence electrons. The molecule has 0 aliphatic rings. The highest BCUT2D eigenvalue weighted by Gasteiger charge is 2.12. The molecule has 1 aromatic heterocycles. The van der Waals surface area contributed by atoms with E-state index >= 15 is 0 Å². The monoisotopic (exact) mass is 360 g/mol. The molecule has 2 aromatic rings. The molecule has 0 saturated heterocycles. The van der Waals surface area contributed by atoms with Crippen molar-refractivity contribution in [3.63, 3.8) is 0 Å². The van der Waals surface area contributed by atoms with E-state index in [4.69, 9.17) is 14.6 Å². The molecule has 0 saturated carbocycles. The van der Waals surface area contributed by atoms with Crippen molar-refractivity contribution in [2.45, 2.75) is 27.2 Å². The summed E-state index contributed by atoms with van der Waals surface area (Å²) in [6.45, 7) is 8.34. The number of ether oxygens (including phenoxy) is 1. The Kier molecular flexibility index (Phi) is 6.84. The summed E-state index contributed by atoms with van der Waals surface area (Å²) >= 11 is 3.34. The molecule has 0 fully saturated rings. The molecule has 0 amide bonds. The highest BCUT2D eigenvalue weighted by Crippen LogP contribution is 2.24. The fourth-order valence-corrected chi connectivity index (χ4v) is 2.61. The summed E-state index contributed by atoms with van der Waals surface area (Å²) in [7, 11) is 2.13. The molecule has 2 rings (SSSR count). The van der Waals surface area contributed by atoms with Gasteiger partial charge in [0, 0.05) is 6.54 Å². The molecule has 0 spiro atoms. The van der Waals surface area contributed by atoms with Gasteiger partial charge < -0.3 is 14.1 Å². The van der Waals surface area contributed by atoms with Crippen LogP contribution in [0.3, 0.4) is 0 Å². The lowest BCUT2D eigenvalue weighted by Crippen LogP contribution is -2.20. The second-order valence-electron chi connectivity index (χ2n) is 6.07. The van der Waals surface area contributed by atoms with E-state index in [1.54, 1.807) is 6.07 Å². The van der Waals surface area contributed by atoms with Crippen molar-refractivity contribution in [1.82, 2.24) is 4.90 Å². The van der Waals surface area contributed by atoms with Crippen LogP contribution < -0.4 is 4.74 Å². The van der Waals surface area contributed by atoms with E-state index in [9.17, 15) is 0 Å². The van der Waals surface area contributed by atoms with Gasteiger partial charge in [0.2, 0.25) is 0 Å². The van der Waals surface area contributed by atoms with Crippen molar-refractivity contribution in [2.75, 3.05) is 20.1 Å². The van der Waals surface area contributed by atoms with Crippen LogP contribution in [0, 0.1) is 19.3 Å². The molecular weight excluding hydrogens is 334 g/mol. The van der Waals surface area contributed by atoms with Gasteiger partial charge in [-0.05, 0) is 62.7 Å². The van der Waals surface area contributed by atoms with E-state index < -0.39 is 0 Å². The largest absolute Gasteiger partial charge is 0.472 e. The minimum absolute atomic E-state index is 0.0762. The maximum absolute atomic E-state index is 7.92. The molecule has 6 heteroatoms. The fraction of sp³-hybridized carbons (Fsp3) is 0.368. The van der Waals surface area contributed by atoms with Crippen LogP contribution in [-0.4, -0.2) is 36.1 Å². The number of rotatable bonds is 6. The molecule has 0 aliphatic carbocycles. The zero-order valence-corrected chi connectivity index (χ0v) is 16.2. The zero-order chi connectivity index (χ0) is 18.4. The molecule has 0 atom stereocenters. The van der Waals surface area contributed by atoms with E-state index in [1.165, 1.54) is 23.7 Å². The number of likely N-dealkylation sites (N-methyl/N-ethyl adjacent to an activating group) is 1. The maximum atomic E-state index is 7.92. The Morgan fingerprint density at radius 2 is 2.08 bits per heavy atom. The molecule has 0 radical (unpaired) electrons. The maximum Gasteiger partial charge on any atom is 0.414 e. The van der Waals surface area contributed by atoms with Gasteiger partial charge in [0.1, 0.15) is 12.0 Å². The predicted octanol–water partition coefficient (Wildman–Crippen LogP) is 3.16. The van der Waals surface area contributed by atoms with Crippen LogP contribution in [0.25, 0.3) is 0 Å². The molecular formula is C19H26N3O2S+. The van der Waals surface area contributed by atoms with Crippen LogP contribution in [0.4, 0.5) is 0 Å².